The molecule has 0 spiro atoms. The number of methoxy groups -OCH3 is 1. The summed E-state index contributed by atoms with van der Waals surface area (Å²) >= 11 is 0. The van der Waals surface area contributed by atoms with Crippen LogP contribution >= 0.6 is 0 Å². The van der Waals surface area contributed by atoms with Crippen molar-refractivity contribution in [3.63, 3.8) is 0 Å². The van der Waals surface area contributed by atoms with E-state index in [1.165, 1.54) is 11.1 Å². The van der Waals surface area contributed by atoms with Gasteiger partial charge in [-0.25, -0.2) is 0 Å². The zero-order valence-corrected chi connectivity index (χ0v) is 15.8. The van der Waals surface area contributed by atoms with Gasteiger partial charge in [-0.3, -0.25) is 4.79 Å². The van der Waals surface area contributed by atoms with Crippen molar-refractivity contribution in [2.45, 2.75) is 19.9 Å². The Morgan fingerprint density at radius 1 is 0.852 bits per heavy atom. The van der Waals surface area contributed by atoms with Crippen LogP contribution < -0.4 is 15.4 Å². The van der Waals surface area contributed by atoms with E-state index in [1.54, 1.807) is 7.11 Å². The van der Waals surface area contributed by atoms with E-state index in [1.807, 2.05) is 60.7 Å². The molecule has 0 saturated heterocycles. The molecule has 0 aromatic heterocycles. The molecule has 1 unspecified atom stereocenters. The summed E-state index contributed by atoms with van der Waals surface area (Å²) in [5, 5.41) is 6.35. The van der Waals surface area contributed by atoms with E-state index in [2.05, 4.69) is 36.6 Å². The van der Waals surface area contributed by atoms with Gasteiger partial charge < -0.3 is 15.4 Å². The molecule has 1 atom stereocenters. The Labute approximate surface area is 160 Å². The molecule has 0 heterocycles. The van der Waals surface area contributed by atoms with Crippen LogP contribution in [0.15, 0.2) is 72.8 Å². The molecule has 3 aromatic carbocycles. The molecule has 27 heavy (non-hydrogen) atoms. The number of amides is 1. The van der Waals surface area contributed by atoms with Crippen molar-refractivity contribution in [3.8, 4) is 5.75 Å². The van der Waals surface area contributed by atoms with E-state index < -0.39 is 6.04 Å². The van der Waals surface area contributed by atoms with Crippen LogP contribution in [0.1, 0.15) is 22.7 Å². The molecule has 0 aliphatic carbocycles. The van der Waals surface area contributed by atoms with Gasteiger partial charge in [0.25, 0.3) is 5.91 Å². The van der Waals surface area contributed by atoms with E-state index in [0.717, 1.165) is 22.7 Å². The lowest BCUT2D eigenvalue weighted by Gasteiger charge is -2.21. The predicted octanol–water partition coefficient (Wildman–Crippen LogP) is 5.10. The van der Waals surface area contributed by atoms with Gasteiger partial charge in [0, 0.05) is 11.4 Å². The van der Waals surface area contributed by atoms with Crippen LogP contribution in [0.25, 0.3) is 0 Å². The second-order valence-electron chi connectivity index (χ2n) is 6.50. The van der Waals surface area contributed by atoms with Crippen LogP contribution in [0, 0.1) is 13.8 Å². The van der Waals surface area contributed by atoms with Gasteiger partial charge in [-0.15, -0.1) is 0 Å². The molecule has 3 aromatic rings. The summed E-state index contributed by atoms with van der Waals surface area (Å²) in [6.07, 6.45) is 0. The predicted molar refractivity (Wildman–Crippen MR) is 110 cm³/mol. The first-order valence-electron chi connectivity index (χ1n) is 8.90. The molecule has 0 radical (unpaired) electrons. The average Bonchev–Trinajstić information content (AvgIpc) is 2.70. The molecular weight excluding hydrogens is 336 g/mol. The van der Waals surface area contributed by atoms with Gasteiger partial charge in [0.05, 0.1) is 7.11 Å². The highest BCUT2D eigenvalue weighted by Gasteiger charge is 2.20. The number of carbonyl (C=O) groups is 1. The van der Waals surface area contributed by atoms with Crippen molar-refractivity contribution in [1.29, 1.82) is 0 Å². The van der Waals surface area contributed by atoms with Gasteiger partial charge in [0.15, 0.2) is 0 Å². The summed E-state index contributed by atoms with van der Waals surface area (Å²) < 4.78 is 5.17. The SMILES string of the molecule is COc1ccc(NC(=O)C(Nc2ccc(C)c(C)c2)c2ccccc2)cc1. The molecule has 0 aliphatic rings. The van der Waals surface area contributed by atoms with Crippen molar-refractivity contribution >= 4 is 17.3 Å². The number of benzene rings is 3. The van der Waals surface area contributed by atoms with Gasteiger partial charge in [-0.1, -0.05) is 36.4 Å². The van der Waals surface area contributed by atoms with E-state index in [-0.39, 0.29) is 5.91 Å². The Morgan fingerprint density at radius 2 is 1.52 bits per heavy atom. The summed E-state index contributed by atoms with van der Waals surface area (Å²) in [5.41, 5.74) is 4.95. The molecule has 0 saturated carbocycles. The molecular formula is C23H24N2O2. The zero-order valence-electron chi connectivity index (χ0n) is 15.8. The number of hydrogen-bond acceptors (Lipinski definition) is 3. The van der Waals surface area contributed by atoms with Gasteiger partial charge in [0.2, 0.25) is 0 Å². The van der Waals surface area contributed by atoms with E-state index >= 15 is 0 Å². The standard InChI is InChI=1S/C23H24N2O2/c1-16-9-10-20(15-17(16)2)24-22(18-7-5-4-6-8-18)23(26)25-19-11-13-21(27-3)14-12-19/h4-15,22,24H,1-3H3,(H,25,26). The first-order valence-corrected chi connectivity index (χ1v) is 8.90. The van der Waals surface area contributed by atoms with E-state index in [0.29, 0.717) is 0 Å². The molecule has 138 valence electrons. The third-order valence-corrected chi connectivity index (χ3v) is 4.57. The Morgan fingerprint density at radius 3 is 2.15 bits per heavy atom. The fourth-order valence-corrected chi connectivity index (χ4v) is 2.83. The second-order valence-corrected chi connectivity index (χ2v) is 6.50. The topological polar surface area (TPSA) is 50.4 Å². The Balaban J connectivity index is 1.84. The largest absolute Gasteiger partial charge is 0.497 e. The summed E-state index contributed by atoms with van der Waals surface area (Å²) in [6.45, 7) is 4.14. The average molecular weight is 360 g/mol. The molecule has 0 bridgehead atoms. The summed E-state index contributed by atoms with van der Waals surface area (Å²) in [6, 6.07) is 22.6. The maximum Gasteiger partial charge on any atom is 0.251 e. The van der Waals surface area contributed by atoms with Crippen LogP contribution in [0.4, 0.5) is 11.4 Å². The zero-order chi connectivity index (χ0) is 19.2. The molecule has 0 aliphatic heterocycles. The highest BCUT2D eigenvalue weighted by Crippen LogP contribution is 2.24. The quantitative estimate of drug-likeness (QED) is 0.643. The number of rotatable bonds is 6. The third-order valence-electron chi connectivity index (χ3n) is 4.57. The number of nitrogens with one attached hydrogen (secondary N) is 2. The Kier molecular flexibility index (Phi) is 5.77. The second kappa shape index (κ2) is 8.41. The minimum atomic E-state index is -0.504. The van der Waals surface area contributed by atoms with Crippen LogP contribution in [0.2, 0.25) is 0 Å². The normalized spacial score (nSPS) is 11.5. The lowest BCUT2D eigenvalue weighted by Crippen LogP contribution is -2.27. The maximum atomic E-state index is 13.0. The van der Waals surface area contributed by atoms with Crippen LogP contribution in [-0.2, 0) is 4.79 Å². The monoisotopic (exact) mass is 360 g/mol. The number of aryl methyl sites for hydroxylation is 2. The van der Waals surface area contributed by atoms with Gasteiger partial charge in [0.1, 0.15) is 11.8 Å². The van der Waals surface area contributed by atoms with Gasteiger partial charge >= 0.3 is 0 Å². The van der Waals surface area contributed by atoms with Crippen molar-refractivity contribution < 1.29 is 9.53 Å². The van der Waals surface area contributed by atoms with Crippen molar-refractivity contribution in [2.75, 3.05) is 17.7 Å². The van der Waals surface area contributed by atoms with E-state index in [4.69, 9.17) is 4.74 Å². The molecule has 2 N–H and O–H groups in total. The van der Waals surface area contributed by atoms with Crippen LogP contribution in [0.5, 0.6) is 5.75 Å². The minimum Gasteiger partial charge on any atom is -0.497 e. The van der Waals surface area contributed by atoms with Gasteiger partial charge in [-0.2, -0.15) is 0 Å². The van der Waals surface area contributed by atoms with Gasteiger partial charge in [-0.05, 0) is 66.9 Å². The molecule has 3 rings (SSSR count). The lowest BCUT2D eigenvalue weighted by atomic mass is 10.0. The molecule has 1 amide bonds. The minimum absolute atomic E-state index is 0.121. The third kappa shape index (κ3) is 4.67. The number of carbonyl (C=O) groups excluding carboxylic acids is 1. The van der Waals surface area contributed by atoms with Crippen molar-refractivity contribution in [3.05, 3.63) is 89.5 Å². The van der Waals surface area contributed by atoms with Crippen LogP contribution in [-0.4, -0.2) is 13.0 Å². The van der Waals surface area contributed by atoms with Crippen molar-refractivity contribution in [1.82, 2.24) is 0 Å². The molecule has 4 heteroatoms. The lowest BCUT2D eigenvalue weighted by molar-refractivity contribution is -0.117. The fraction of sp³-hybridized carbons (Fsp3) is 0.174. The summed E-state index contributed by atoms with van der Waals surface area (Å²) in [4.78, 5) is 13.0. The number of ether oxygens (including phenoxy) is 1. The van der Waals surface area contributed by atoms with Crippen molar-refractivity contribution in [2.24, 2.45) is 0 Å². The number of anilines is 2. The summed E-state index contributed by atoms with van der Waals surface area (Å²) in [5.74, 6) is 0.630. The smallest absolute Gasteiger partial charge is 0.251 e. The first-order chi connectivity index (χ1) is 13.1. The Bertz CT molecular complexity index is 905. The fourth-order valence-electron chi connectivity index (χ4n) is 2.83. The highest BCUT2D eigenvalue weighted by atomic mass is 16.5. The molecule has 0 fully saturated rings. The highest BCUT2D eigenvalue weighted by molar-refractivity contribution is 5.97. The Hall–Kier alpha value is -3.27. The van der Waals surface area contributed by atoms with Crippen LogP contribution in [0.3, 0.4) is 0 Å². The number of hydrogen-bond donors (Lipinski definition) is 2. The first kappa shape index (κ1) is 18.5. The van der Waals surface area contributed by atoms with E-state index in [9.17, 15) is 4.79 Å². The molecule has 4 nitrogen and oxygen atoms in total. The maximum absolute atomic E-state index is 13.0. The summed E-state index contributed by atoms with van der Waals surface area (Å²) in [7, 11) is 1.62.